The zero-order chi connectivity index (χ0) is 15.5. The second-order valence-electron chi connectivity index (χ2n) is 5.98. The smallest absolute Gasteiger partial charge is 0.274 e. The first-order valence-corrected chi connectivity index (χ1v) is 8.01. The first-order chi connectivity index (χ1) is 10.7. The fourth-order valence-corrected chi connectivity index (χ4v) is 3.47. The molecule has 4 nitrogen and oxygen atoms in total. The normalized spacial score (nSPS) is 21.5. The van der Waals surface area contributed by atoms with Crippen molar-refractivity contribution in [3.8, 4) is 6.57 Å². The van der Waals surface area contributed by atoms with Crippen LogP contribution in [0.15, 0.2) is 30.3 Å². The molecule has 3 rings (SSSR count). The molecule has 1 aliphatic carbocycles. The number of rotatable bonds is 3. The van der Waals surface area contributed by atoms with Gasteiger partial charge in [0, 0.05) is 36.3 Å². The molecule has 1 N–H and O–H groups in total. The van der Waals surface area contributed by atoms with Crippen molar-refractivity contribution in [3.05, 3.63) is 40.9 Å². The lowest BCUT2D eigenvalue weighted by Gasteiger charge is -2.32. The van der Waals surface area contributed by atoms with E-state index in [1.807, 2.05) is 42.2 Å². The van der Waals surface area contributed by atoms with E-state index in [1.54, 1.807) is 0 Å². The van der Waals surface area contributed by atoms with Crippen molar-refractivity contribution in [1.29, 1.82) is 0 Å². The van der Waals surface area contributed by atoms with Crippen LogP contribution < -0.4 is 0 Å². The molecule has 0 aliphatic heterocycles. The van der Waals surface area contributed by atoms with Crippen LogP contribution in [0.25, 0.3) is 15.7 Å². The number of carbonyl (C=O) groups excluding carboxylic acids is 1. The summed E-state index contributed by atoms with van der Waals surface area (Å²) in [6.07, 6.45) is 4.01. The quantitative estimate of drug-likeness (QED) is 0.916. The molecule has 2 atom stereocenters. The minimum absolute atomic E-state index is 0.0707. The Balaban J connectivity index is 1.83. The van der Waals surface area contributed by atoms with Gasteiger partial charge in [-0.1, -0.05) is 23.0 Å². The van der Waals surface area contributed by atoms with Crippen LogP contribution in [0.4, 0.5) is 0 Å². The highest BCUT2D eigenvalue weighted by Crippen LogP contribution is 2.27. The van der Waals surface area contributed by atoms with E-state index in [2.05, 4.69) is 9.83 Å². The van der Waals surface area contributed by atoms with Gasteiger partial charge in [0.25, 0.3) is 18.5 Å². The average Bonchev–Trinajstić information content (AvgIpc) is 3.00. The third kappa shape index (κ3) is 2.71. The number of hydrogen-bond donors (Lipinski definition) is 1. The zero-order valence-electron chi connectivity index (χ0n) is 13.0. The number of nitrogens with one attached hydrogen (secondary N) is 1. The molecule has 1 aromatic heterocycles. The second kappa shape index (κ2) is 6.23. The number of benzene rings is 1. The number of amides is 1. The Morgan fingerprint density at radius 1 is 1.41 bits per heavy atom. The van der Waals surface area contributed by atoms with Gasteiger partial charge in [-0.15, -0.1) is 0 Å². The van der Waals surface area contributed by atoms with Crippen LogP contribution in [-0.4, -0.2) is 34.4 Å². The Bertz CT molecular complexity index is 679. The van der Waals surface area contributed by atoms with E-state index in [1.165, 1.54) is 0 Å². The van der Waals surface area contributed by atoms with E-state index >= 15 is 0 Å². The highest BCUT2D eigenvalue weighted by Gasteiger charge is 2.33. The van der Waals surface area contributed by atoms with Gasteiger partial charge < -0.3 is 9.88 Å². The van der Waals surface area contributed by atoms with Gasteiger partial charge in [0.1, 0.15) is 5.69 Å². The van der Waals surface area contributed by atoms with E-state index in [0.717, 1.165) is 36.6 Å². The molecule has 1 amide bonds. The van der Waals surface area contributed by atoms with Crippen LogP contribution in [0.1, 0.15) is 43.1 Å². The lowest BCUT2D eigenvalue weighted by molar-refractivity contribution is 0.0640. The molecule has 4 heteroatoms. The predicted molar refractivity (Wildman–Crippen MR) is 89.4 cm³/mol. The van der Waals surface area contributed by atoms with Crippen LogP contribution in [0.2, 0.25) is 0 Å². The summed E-state index contributed by atoms with van der Waals surface area (Å²) in [4.78, 5) is 22.0. The number of carbonyl (C=O) groups is 1. The maximum atomic E-state index is 12.9. The molecule has 22 heavy (non-hydrogen) atoms. The number of nitrogens with zero attached hydrogens (tertiary/aromatic N) is 2. The number of fused-ring (bicyclic) bond motifs is 1. The summed E-state index contributed by atoms with van der Waals surface area (Å²) in [5.41, 5.74) is 1.66. The van der Waals surface area contributed by atoms with Crippen LogP contribution >= 0.6 is 0 Å². The van der Waals surface area contributed by atoms with Crippen molar-refractivity contribution in [2.24, 2.45) is 0 Å². The summed E-state index contributed by atoms with van der Waals surface area (Å²) in [5, 5.41) is 1.07. The number of aromatic nitrogens is 1. The number of H-pyrrole nitrogens is 1. The third-order valence-electron chi connectivity index (χ3n) is 4.63. The minimum atomic E-state index is 0.0707. The predicted octanol–water partition coefficient (Wildman–Crippen LogP) is 3.90. The molecule has 1 aliphatic rings. The molecule has 1 aromatic carbocycles. The highest BCUT2D eigenvalue weighted by molar-refractivity contribution is 5.98. The van der Waals surface area contributed by atoms with Crippen molar-refractivity contribution in [2.75, 3.05) is 6.54 Å². The molecule has 1 heterocycles. The fourth-order valence-electron chi connectivity index (χ4n) is 3.47. The Labute approximate surface area is 130 Å². The summed E-state index contributed by atoms with van der Waals surface area (Å²) in [6, 6.07) is 10.3. The lowest BCUT2D eigenvalue weighted by Crippen LogP contribution is -2.43. The van der Waals surface area contributed by atoms with Crippen LogP contribution in [0.5, 0.6) is 0 Å². The maximum Gasteiger partial charge on any atom is 0.274 e. The Morgan fingerprint density at radius 2 is 2.23 bits per heavy atom. The van der Waals surface area contributed by atoms with Crippen molar-refractivity contribution in [1.82, 2.24) is 9.88 Å². The molecule has 0 spiro atoms. The van der Waals surface area contributed by atoms with Crippen molar-refractivity contribution < 1.29 is 4.79 Å². The molecular formula is C18H22N3O+. The van der Waals surface area contributed by atoms with Crippen LogP contribution in [-0.2, 0) is 0 Å². The fraction of sp³-hybridized carbons (Fsp3) is 0.444. The van der Waals surface area contributed by atoms with Gasteiger partial charge >= 0.3 is 0 Å². The van der Waals surface area contributed by atoms with Gasteiger partial charge in [0.15, 0.2) is 0 Å². The lowest BCUT2D eigenvalue weighted by atomic mass is 9.90. The minimum Gasteiger partial charge on any atom is -0.351 e. The molecule has 0 bridgehead atoms. The van der Waals surface area contributed by atoms with E-state index in [-0.39, 0.29) is 18.0 Å². The van der Waals surface area contributed by atoms with Crippen molar-refractivity contribution in [3.63, 3.8) is 0 Å². The first-order valence-electron chi connectivity index (χ1n) is 8.01. The summed E-state index contributed by atoms with van der Waals surface area (Å²) in [6.45, 7) is 8.20. The molecule has 0 saturated heterocycles. The Morgan fingerprint density at radius 3 is 2.95 bits per heavy atom. The second-order valence-corrected chi connectivity index (χ2v) is 5.98. The monoisotopic (exact) mass is 296 g/mol. The average molecular weight is 296 g/mol. The van der Waals surface area contributed by atoms with Gasteiger partial charge in [-0.05, 0) is 31.9 Å². The van der Waals surface area contributed by atoms with Gasteiger partial charge in [0.05, 0.1) is 0 Å². The number of para-hydroxylation sites is 1. The van der Waals surface area contributed by atoms with E-state index < -0.39 is 0 Å². The topological polar surface area (TPSA) is 40.5 Å². The molecule has 0 radical (unpaired) electrons. The molecule has 114 valence electrons. The summed E-state index contributed by atoms with van der Waals surface area (Å²) in [7, 11) is 0. The standard InChI is InChI=1S/C18H21N3O/c1-3-21(15-9-6-8-14(12-15)19-2)18(22)17-11-13-7-4-5-10-16(13)20-17/h2,4-5,7,10-11,14-15H,3,6,8-9,12H2,1H3/p+1/t14-,15+/m1/s1. The summed E-state index contributed by atoms with van der Waals surface area (Å²) in [5.74, 6) is 0.0707. The van der Waals surface area contributed by atoms with Gasteiger partial charge in [-0.3, -0.25) is 4.79 Å². The van der Waals surface area contributed by atoms with Crippen LogP contribution in [0, 0.1) is 6.57 Å². The molecular weight excluding hydrogens is 274 g/mol. The molecule has 1 fully saturated rings. The Kier molecular flexibility index (Phi) is 4.15. The van der Waals surface area contributed by atoms with Gasteiger partial charge in [-0.25, -0.2) is 0 Å². The molecule has 0 unspecified atom stereocenters. The van der Waals surface area contributed by atoms with Crippen LogP contribution in [0.3, 0.4) is 0 Å². The largest absolute Gasteiger partial charge is 0.351 e. The van der Waals surface area contributed by atoms with E-state index in [4.69, 9.17) is 6.57 Å². The van der Waals surface area contributed by atoms with Gasteiger partial charge in [0.2, 0.25) is 0 Å². The Hall–Kier alpha value is -2.28. The van der Waals surface area contributed by atoms with Crippen molar-refractivity contribution in [2.45, 2.75) is 44.7 Å². The highest BCUT2D eigenvalue weighted by atomic mass is 16.2. The van der Waals surface area contributed by atoms with E-state index in [9.17, 15) is 4.79 Å². The van der Waals surface area contributed by atoms with Crippen molar-refractivity contribution >= 4 is 16.8 Å². The molecule has 2 aromatic rings. The first kappa shape index (κ1) is 14.6. The summed E-state index contributed by atoms with van der Waals surface area (Å²) < 4.78 is 0. The van der Waals surface area contributed by atoms with Gasteiger partial charge in [-0.2, -0.15) is 0 Å². The van der Waals surface area contributed by atoms with E-state index in [0.29, 0.717) is 12.2 Å². The maximum absolute atomic E-state index is 12.9. The number of hydrogen-bond acceptors (Lipinski definition) is 1. The molecule has 1 saturated carbocycles. The number of aromatic amines is 1. The summed E-state index contributed by atoms with van der Waals surface area (Å²) >= 11 is 0. The zero-order valence-corrected chi connectivity index (χ0v) is 13.0. The SMILES string of the molecule is C#[N+][C@@H]1CCC[C@H](N(CC)C(=O)c2cc3ccccc3[nH]2)C1. The third-order valence-corrected chi connectivity index (χ3v) is 4.63.